The summed E-state index contributed by atoms with van der Waals surface area (Å²) in [5, 5.41) is 7.34. The third-order valence-corrected chi connectivity index (χ3v) is 5.79. The van der Waals surface area contributed by atoms with Crippen molar-refractivity contribution in [2.45, 2.75) is 25.3 Å². The molecule has 5 rings (SSSR count). The van der Waals surface area contributed by atoms with Crippen molar-refractivity contribution in [1.82, 2.24) is 24.7 Å². The first-order chi connectivity index (χ1) is 16.2. The molecule has 4 aromatic rings. The summed E-state index contributed by atoms with van der Waals surface area (Å²) < 4.78 is 29.7. The molecule has 1 aliphatic rings. The van der Waals surface area contributed by atoms with Gasteiger partial charge in [0.05, 0.1) is 29.1 Å². The Kier molecular flexibility index (Phi) is 4.74. The lowest BCUT2D eigenvalue weighted by Crippen LogP contribution is -2.36. The summed E-state index contributed by atoms with van der Waals surface area (Å²) in [5.74, 6) is -2.17. The first kappa shape index (κ1) is 21.4. The molecule has 12 heteroatoms. The fourth-order valence-electron chi connectivity index (χ4n) is 4.19. The minimum Gasteiger partial charge on any atom is -0.383 e. The highest BCUT2D eigenvalue weighted by atomic mass is 19.1. The van der Waals surface area contributed by atoms with E-state index in [-0.39, 0.29) is 52.7 Å². The van der Waals surface area contributed by atoms with E-state index in [0.717, 1.165) is 6.20 Å². The second-order valence-corrected chi connectivity index (χ2v) is 8.21. The number of nitrogen functional groups attached to an aromatic ring is 1. The Morgan fingerprint density at radius 3 is 2.74 bits per heavy atom. The fourth-order valence-corrected chi connectivity index (χ4v) is 4.19. The van der Waals surface area contributed by atoms with E-state index in [1.165, 1.54) is 23.7 Å². The number of carbonyl (C=O) groups excluding carboxylic acids is 2. The molecule has 4 heterocycles. The SMILES string of the molecule is CC1(CC(N)=O)C(=O)Nc2nc(-c3nn(Cc4ccccc4F)c4ncc(F)cc34)nc(N)c21. The molecule has 34 heavy (non-hydrogen) atoms. The van der Waals surface area contributed by atoms with Crippen molar-refractivity contribution in [3.63, 3.8) is 0 Å². The zero-order valence-electron chi connectivity index (χ0n) is 17.8. The number of pyridine rings is 1. The summed E-state index contributed by atoms with van der Waals surface area (Å²) in [5.41, 5.74) is 11.2. The Hall–Kier alpha value is -4.48. The average Bonchev–Trinajstić information content (AvgIpc) is 3.23. The topological polar surface area (TPSA) is 155 Å². The summed E-state index contributed by atoms with van der Waals surface area (Å²) in [4.78, 5) is 37.0. The lowest BCUT2D eigenvalue weighted by Gasteiger charge is -2.20. The van der Waals surface area contributed by atoms with Gasteiger partial charge in [-0.3, -0.25) is 9.59 Å². The van der Waals surface area contributed by atoms with Gasteiger partial charge < -0.3 is 16.8 Å². The number of primary amides is 1. The lowest BCUT2D eigenvalue weighted by atomic mass is 9.81. The minimum absolute atomic E-state index is 0.00422. The van der Waals surface area contributed by atoms with E-state index in [0.29, 0.717) is 5.56 Å². The highest BCUT2D eigenvalue weighted by Crippen LogP contribution is 2.43. The second kappa shape index (κ2) is 7.54. The van der Waals surface area contributed by atoms with Crippen molar-refractivity contribution in [3.05, 3.63) is 59.3 Å². The molecule has 5 N–H and O–H groups in total. The van der Waals surface area contributed by atoms with E-state index in [2.05, 4.69) is 25.4 Å². The summed E-state index contributed by atoms with van der Waals surface area (Å²) in [6, 6.07) is 7.40. The first-order valence-electron chi connectivity index (χ1n) is 10.2. The van der Waals surface area contributed by atoms with Crippen LogP contribution >= 0.6 is 0 Å². The molecule has 0 bridgehead atoms. The van der Waals surface area contributed by atoms with Crippen LogP contribution in [-0.2, 0) is 21.5 Å². The van der Waals surface area contributed by atoms with Crippen molar-refractivity contribution in [1.29, 1.82) is 0 Å². The molecule has 1 aliphatic heterocycles. The lowest BCUT2D eigenvalue weighted by molar-refractivity contribution is -0.126. The number of carbonyl (C=O) groups is 2. The standard InChI is InChI=1S/C22H18F2N8O2/c1-22(7-14(25)33)15-17(26)28-19(29-18(15)30-21(22)34)16-12-6-11(23)8-27-20(12)32(31-16)9-10-4-2-3-5-13(10)24/h2-6,8H,7,9H2,1H3,(H2,25,33)(H3,26,28,29,30,34). The number of halogens is 2. The Labute approximate surface area is 191 Å². The summed E-state index contributed by atoms with van der Waals surface area (Å²) >= 11 is 0. The van der Waals surface area contributed by atoms with Crippen LogP contribution in [0, 0.1) is 11.6 Å². The van der Waals surface area contributed by atoms with Gasteiger partial charge in [0.15, 0.2) is 11.5 Å². The second-order valence-electron chi connectivity index (χ2n) is 8.21. The molecule has 1 aromatic carbocycles. The predicted molar refractivity (Wildman–Crippen MR) is 118 cm³/mol. The first-order valence-corrected chi connectivity index (χ1v) is 10.2. The van der Waals surface area contributed by atoms with Crippen molar-refractivity contribution in [3.8, 4) is 11.5 Å². The largest absolute Gasteiger partial charge is 0.383 e. The highest BCUT2D eigenvalue weighted by Gasteiger charge is 2.47. The Bertz CT molecular complexity index is 1500. The van der Waals surface area contributed by atoms with Crippen molar-refractivity contribution >= 4 is 34.5 Å². The molecule has 172 valence electrons. The molecule has 0 saturated heterocycles. The maximum atomic E-state index is 14.2. The number of nitrogens with two attached hydrogens (primary N) is 2. The molecule has 0 saturated carbocycles. The number of benzene rings is 1. The molecule has 1 atom stereocenters. The molecule has 1 unspecified atom stereocenters. The van der Waals surface area contributed by atoms with E-state index in [1.807, 2.05) is 0 Å². The minimum atomic E-state index is -1.33. The van der Waals surface area contributed by atoms with Crippen molar-refractivity contribution in [2.75, 3.05) is 11.1 Å². The maximum Gasteiger partial charge on any atom is 0.236 e. The highest BCUT2D eigenvalue weighted by molar-refractivity contribution is 6.08. The van der Waals surface area contributed by atoms with Crippen LogP contribution in [0.25, 0.3) is 22.6 Å². The molecule has 0 aliphatic carbocycles. The number of anilines is 2. The molecule has 0 radical (unpaired) electrons. The quantitative estimate of drug-likeness (QED) is 0.407. The normalized spacial score (nSPS) is 17.1. The average molecular weight is 464 g/mol. The number of hydrogen-bond donors (Lipinski definition) is 3. The van der Waals surface area contributed by atoms with E-state index in [1.54, 1.807) is 18.2 Å². The van der Waals surface area contributed by atoms with Crippen LogP contribution in [0.4, 0.5) is 20.4 Å². The van der Waals surface area contributed by atoms with Crippen LogP contribution in [0.15, 0.2) is 36.5 Å². The summed E-state index contributed by atoms with van der Waals surface area (Å²) in [6.07, 6.45) is 0.743. The van der Waals surface area contributed by atoms with Crippen molar-refractivity contribution < 1.29 is 18.4 Å². The Balaban J connectivity index is 1.66. The van der Waals surface area contributed by atoms with Crippen LogP contribution in [0.5, 0.6) is 0 Å². The van der Waals surface area contributed by atoms with Gasteiger partial charge in [0, 0.05) is 12.0 Å². The third kappa shape index (κ3) is 3.31. The smallest absolute Gasteiger partial charge is 0.236 e. The number of fused-ring (bicyclic) bond motifs is 2. The van der Waals surface area contributed by atoms with Crippen LogP contribution in [-0.4, -0.2) is 36.5 Å². The Morgan fingerprint density at radius 1 is 1.24 bits per heavy atom. The Morgan fingerprint density at radius 2 is 2.00 bits per heavy atom. The van der Waals surface area contributed by atoms with E-state index < -0.39 is 28.9 Å². The molecular formula is C22H18F2N8O2. The van der Waals surface area contributed by atoms with Crippen LogP contribution < -0.4 is 16.8 Å². The number of hydrogen-bond acceptors (Lipinski definition) is 7. The molecular weight excluding hydrogens is 446 g/mol. The summed E-state index contributed by atoms with van der Waals surface area (Å²) in [6.45, 7) is 1.55. The van der Waals surface area contributed by atoms with Gasteiger partial charge in [-0.1, -0.05) is 18.2 Å². The van der Waals surface area contributed by atoms with Gasteiger partial charge in [0.25, 0.3) is 0 Å². The number of rotatable bonds is 5. The zero-order chi connectivity index (χ0) is 24.2. The molecule has 0 fully saturated rings. The van der Waals surface area contributed by atoms with E-state index >= 15 is 0 Å². The van der Waals surface area contributed by atoms with Crippen LogP contribution in [0.3, 0.4) is 0 Å². The van der Waals surface area contributed by atoms with Gasteiger partial charge in [0.2, 0.25) is 11.8 Å². The fraction of sp³-hybridized carbons (Fsp3) is 0.182. The van der Waals surface area contributed by atoms with Crippen LogP contribution in [0.2, 0.25) is 0 Å². The molecule has 0 spiro atoms. The third-order valence-electron chi connectivity index (χ3n) is 5.79. The van der Waals surface area contributed by atoms with E-state index in [4.69, 9.17) is 11.5 Å². The number of aromatic nitrogens is 5. The number of nitrogens with zero attached hydrogens (tertiary/aromatic N) is 5. The maximum absolute atomic E-state index is 14.2. The number of nitrogens with one attached hydrogen (secondary N) is 1. The van der Waals surface area contributed by atoms with Crippen molar-refractivity contribution in [2.24, 2.45) is 5.73 Å². The van der Waals surface area contributed by atoms with Gasteiger partial charge in [0.1, 0.15) is 29.0 Å². The molecule has 3 aromatic heterocycles. The van der Waals surface area contributed by atoms with E-state index in [9.17, 15) is 18.4 Å². The van der Waals surface area contributed by atoms with Gasteiger partial charge in [-0.05, 0) is 19.1 Å². The molecule has 2 amide bonds. The predicted octanol–water partition coefficient (Wildman–Crippen LogP) is 1.88. The van der Waals surface area contributed by atoms with Gasteiger partial charge >= 0.3 is 0 Å². The van der Waals surface area contributed by atoms with Gasteiger partial charge in [-0.2, -0.15) is 5.10 Å². The zero-order valence-corrected chi connectivity index (χ0v) is 17.8. The van der Waals surface area contributed by atoms with Gasteiger partial charge in [-0.15, -0.1) is 0 Å². The summed E-state index contributed by atoms with van der Waals surface area (Å²) in [7, 11) is 0. The van der Waals surface area contributed by atoms with Gasteiger partial charge in [-0.25, -0.2) is 28.4 Å². The van der Waals surface area contributed by atoms with Crippen LogP contribution in [0.1, 0.15) is 24.5 Å². The number of amides is 2. The monoisotopic (exact) mass is 464 g/mol. The molecule has 10 nitrogen and oxygen atoms in total.